The molecule has 2 aromatic rings. The maximum Gasteiger partial charge on any atom is 0.306 e. The molecule has 0 unspecified atom stereocenters. The predicted octanol–water partition coefficient (Wildman–Crippen LogP) is 2.98. The lowest BCUT2D eigenvalue weighted by molar-refractivity contribution is -0.387. The van der Waals surface area contributed by atoms with Crippen molar-refractivity contribution in [3.63, 3.8) is 0 Å². The van der Waals surface area contributed by atoms with Gasteiger partial charge in [-0.15, -0.1) is 0 Å². The zero-order chi connectivity index (χ0) is 22.8. The fraction of sp³-hybridized carbons (Fsp3) is 0.300. The number of benzene rings is 2. The van der Waals surface area contributed by atoms with Gasteiger partial charge in [-0.05, 0) is 44.0 Å². The molecule has 164 valence electrons. The average molecular weight is 449 g/mol. The number of sulfonamides is 1. The maximum absolute atomic E-state index is 13.4. The normalized spacial score (nSPS) is 15.4. The molecule has 1 aliphatic heterocycles. The molecule has 1 aliphatic rings. The number of carbonyl (C=O) groups excluding carboxylic acids is 2. The van der Waals surface area contributed by atoms with Crippen LogP contribution < -0.4 is 5.32 Å². The number of ketones is 1. The third-order valence-electron chi connectivity index (χ3n) is 5.11. The third-order valence-corrected chi connectivity index (χ3v) is 7.01. The topological polar surface area (TPSA) is 127 Å². The van der Waals surface area contributed by atoms with E-state index in [0.29, 0.717) is 5.56 Å². The molecule has 1 saturated heterocycles. The van der Waals surface area contributed by atoms with Crippen LogP contribution in [0.25, 0.3) is 0 Å². The number of nitro benzene ring substituents is 1. The van der Waals surface area contributed by atoms with E-state index >= 15 is 0 Å². The molecule has 9 nitrogen and oxygen atoms in total. The Morgan fingerprint density at radius 3 is 2.45 bits per heavy atom. The zero-order valence-electron chi connectivity index (χ0n) is 16.6. The van der Waals surface area contributed by atoms with Gasteiger partial charge < -0.3 is 5.32 Å². The second kappa shape index (κ2) is 8.90. The van der Waals surface area contributed by atoms with E-state index in [1.165, 1.54) is 41.6 Å². The Bertz CT molecular complexity index is 1140. The summed E-state index contributed by atoms with van der Waals surface area (Å²) in [5.41, 5.74) is -0.357. The molecule has 0 aliphatic carbocycles. The summed E-state index contributed by atoms with van der Waals surface area (Å²) in [7, 11) is -3.81. The molecular weight excluding hydrogens is 429 g/mol. The molecule has 3 rings (SSSR count). The summed E-state index contributed by atoms with van der Waals surface area (Å²) in [6.07, 6.45) is 0.501. The molecule has 11 heteroatoms. The molecule has 1 fully saturated rings. The maximum atomic E-state index is 13.4. The van der Waals surface area contributed by atoms with Crippen molar-refractivity contribution in [3.8, 4) is 0 Å². The largest absolute Gasteiger partial charge is 0.326 e. The van der Waals surface area contributed by atoms with Crippen LogP contribution in [0.5, 0.6) is 0 Å². The number of nitrogens with one attached hydrogen (secondary N) is 1. The highest BCUT2D eigenvalue weighted by molar-refractivity contribution is 7.89. The van der Waals surface area contributed by atoms with E-state index in [1.807, 2.05) is 0 Å². The second-order valence-corrected chi connectivity index (χ2v) is 9.11. The molecular formula is C20H20FN3O6S. The molecule has 0 spiro atoms. The Balaban J connectivity index is 1.66. The summed E-state index contributed by atoms with van der Waals surface area (Å²) < 4.78 is 40.5. The second-order valence-electron chi connectivity index (χ2n) is 7.17. The number of nitrogens with zero attached hydrogens (tertiary/aromatic N) is 2. The molecule has 1 heterocycles. The van der Waals surface area contributed by atoms with Crippen molar-refractivity contribution in [1.82, 2.24) is 4.31 Å². The minimum Gasteiger partial charge on any atom is -0.326 e. The van der Waals surface area contributed by atoms with Gasteiger partial charge in [-0.2, -0.15) is 8.70 Å². The van der Waals surface area contributed by atoms with Gasteiger partial charge in [0.15, 0.2) is 5.78 Å². The predicted molar refractivity (Wildman–Crippen MR) is 110 cm³/mol. The van der Waals surface area contributed by atoms with Gasteiger partial charge in [-0.3, -0.25) is 19.7 Å². The molecule has 31 heavy (non-hydrogen) atoms. The van der Waals surface area contributed by atoms with Gasteiger partial charge in [0.1, 0.15) is 0 Å². The zero-order valence-corrected chi connectivity index (χ0v) is 17.4. The summed E-state index contributed by atoms with van der Waals surface area (Å²) in [5.74, 6) is -2.17. The van der Waals surface area contributed by atoms with Gasteiger partial charge in [0.25, 0.3) is 0 Å². The first-order chi connectivity index (χ1) is 14.6. The third kappa shape index (κ3) is 4.94. The number of nitro groups is 1. The fourth-order valence-corrected chi connectivity index (χ4v) is 4.87. The number of piperidine rings is 1. The monoisotopic (exact) mass is 449 g/mol. The first-order valence-electron chi connectivity index (χ1n) is 9.45. The van der Waals surface area contributed by atoms with Crippen LogP contribution >= 0.6 is 0 Å². The van der Waals surface area contributed by atoms with E-state index in [9.17, 15) is 32.5 Å². The lowest BCUT2D eigenvalue weighted by Crippen LogP contribution is -2.41. The highest BCUT2D eigenvalue weighted by Gasteiger charge is 2.32. The molecule has 0 bridgehead atoms. The quantitative estimate of drug-likeness (QED) is 0.410. The molecule has 0 atom stereocenters. The van der Waals surface area contributed by atoms with E-state index in [0.717, 1.165) is 12.1 Å². The number of rotatable bonds is 6. The van der Waals surface area contributed by atoms with Gasteiger partial charge in [0.2, 0.25) is 21.7 Å². The average Bonchev–Trinajstić information content (AvgIpc) is 2.75. The van der Waals surface area contributed by atoms with Crippen LogP contribution in [0, 0.1) is 21.8 Å². The van der Waals surface area contributed by atoms with Crippen LogP contribution in [-0.2, 0) is 14.8 Å². The molecule has 0 saturated carbocycles. The van der Waals surface area contributed by atoms with Crippen molar-refractivity contribution in [2.75, 3.05) is 18.4 Å². The number of hydrogen-bond acceptors (Lipinski definition) is 6. The number of halogens is 1. The van der Waals surface area contributed by atoms with Gasteiger partial charge in [-0.1, -0.05) is 12.1 Å². The molecule has 0 aromatic heterocycles. The number of anilines is 1. The van der Waals surface area contributed by atoms with Crippen molar-refractivity contribution in [2.24, 2.45) is 5.92 Å². The van der Waals surface area contributed by atoms with Crippen LogP contribution in [0.3, 0.4) is 0 Å². The highest BCUT2D eigenvalue weighted by atomic mass is 32.2. The Labute approximate surface area is 178 Å². The molecule has 0 radical (unpaired) electrons. The van der Waals surface area contributed by atoms with E-state index < -0.39 is 38.3 Å². The van der Waals surface area contributed by atoms with Crippen LogP contribution in [0.15, 0.2) is 47.4 Å². The molecule has 2 aromatic carbocycles. The van der Waals surface area contributed by atoms with Crippen LogP contribution in [-0.4, -0.2) is 42.4 Å². The summed E-state index contributed by atoms with van der Waals surface area (Å²) >= 11 is 0. The number of amides is 1. The van der Waals surface area contributed by atoms with Crippen molar-refractivity contribution in [1.29, 1.82) is 0 Å². The van der Waals surface area contributed by atoms with Crippen molar-refractivity contribution < 1.29 is 27.3 Å². The van der Waals surface area contributed by atoms with Crippen LogP contribution in [0.4, 0.5) is 15.8 Å². The standard InChI is InChI=1S/C20H20FN3O6S/c1-13(25)15-3-2-4-17(11-15)31(29,30)23-9-7-14(8-10-23)20(26)22-16-5-6-18(21)19(12-16)24(27)28/h2-6,11-12,14H,7-10H2,1H3,(H,22,26). The minimum atomic E-state index is -3.81. The van der Waals surface area contributed by atoms with E-state index in [4.69, 9.17) is 0 Å². The summed E-state index contributed by atoms with van der Waals surface area (Å²) in [6, 6.07) is 8.86. The first kappa shape index (κ1) is 22.5. The Morgan fingerprint density at radius 2 is 1.84 bits per heavy atom. The lowest BCUT2D eigenvalue weighted by Gasteiger charge is -2.30. The smallest absolute Gasteiger partial charge is 0.306 e. The number of Topliss-reactive ketones (excluding diaryl/α,β-unsaturated/α-hetero) is 1. The SMILES string of the molecule is CC(=O)c1cccc(S(=O)(=O)N2CCC(C(=O)Nc3ccc(F)c([N+](=O)[O-])c3)CC2)c1. The van der Waals surface area contributed by atoms with Crippen LogP contribution in [0.1, 0.15) is 30.1 Å². The molecule has 1 amide bonds. The van der Waals surface area contributed by atoms with Gasteiger partial charge in [-0.25, -0.2) is 8.42 Å². The Hall–Kier alpha value is -3.18. The highest BCUT2D eigenvalue weighted by Crippen LogP contribution is 2.27. The number of hydrogen-bond donors (Lipinski definition) is 1. The van der Waals surface area contributed by atoms with E-state index in [-0.39, 0.29) is 42.3 Å². The molecule has 1 N–H and O–H groups in total. The Morgan fingerprint density at radius 1 is 1.16 bits per heavy atom. The van der Waals surface area contributed by atoms with E-state index in [1.54, 1.807) is 0 Å². The van der Waals surface area contributed by atoms with E-state index in [2.05, 4.69) is 5.32 Å². The van der Waals surface area contributed by atoms with Crippen molar-refractivity contribution in [2.45, 2.75) is 24.7 Å². The van der Waals surface area contributed by atoms with Gasteiger partial charge in [0.05, 0.1) is 9.82 Å². The van der Waals surface area contributed by atoms with Crippen LogP contribution in [0.2, 0.25) is 0 Å². The van der Waals surface area contributed by atoms with Crippen molar-refractivity contribution >= 4 is 33.1 Å². The summed E-state index contributed by atoms with van der Waals surface area (Å²) in [6.45, 7) is 1.56. The number of carbonyl (C=O) groups is 2. The van der Waals surface area contributed by atoms with Gasteiger partial charge in [0, 0.05) is 36.3 Å². The summed E-state index contributed by atoms with van der Waals surface area (Å²) in [5, 5.41) is 13.4. The van der Waals surface area contributed by atoms with Crippen molar-refractivity contribution in [3.05, 3.63) is 64.0 Å². The minimum absolute atomic E-state index is 0.0155. The Kier molecular flexibility index (Phi) is 6.46. The fourth-order valence-electron chi connectivity index (χ4n) is 3.36. The van der Waals surface area contributed by atoms with Gasteiger partial charge >= 0.3 is 5.69 Å². The summed E-state index contributed by atoms with van der Waals surface area (Å²) in [4.78, 5) is 34.0. The first-order valence-corrected chi connectivity index (χ1v) is 10.9. The lowest BCUT2D eigenvalue weighted by atomic mass is 9.97.